The minimum atomic E-state index is -4.81. The molecule has 0 amide bonds. The van der Waals surface area contributed by atoms with Gasteiger partial charge in [-0.05, 0) is 12.3 Å². The van der Waals surface area contributed by atoms with Gasteiger partial charge >= 0.3 is 19.8 Å². The lowest BCUT2D eigenvalue weighted by Gasteiger charge is -2.21. The van der Waals surface area contributed by atoms with Crippen molar-refractivity contribution >= 4 is 19.8 Å². The summed E-state index contributed by atoms with van der Waals surface area (Å²) in [5, 5.41) is 35.8. The van der Waals surface area contributed by atoms with E-state index >= 15 is 0 Å². The number of carbonyl (C=O) groups excluding carboxylic acids is 2. The molecule has 0 saturated heterocycles. The SMILES string of the molecule is CCCCC(CC)COP(=O)(OC(=O)C(O)CO)OC(=O)C(O)CO. The van der Waals surface area contributed by atoms with Crippen molar-refractivity contribution in [2.24, 2.45) is 5.92 Å². The maximum absolute atomic E-state index is 12.5. The molecule has 11 heteroatoms. The van der Waals surface area contributed by atoms with Gasteiger partial charge in [-0.1, -0.05) is 33.1 Å². The molecule has 3 atom stereocenters. The van der Waals surface area contributed by atoms with Crippen molar-refractivity contribution in [1.29, 1.82) is 0 Å². The zero-order valence-electron chi connectivity index (χ0n) is 14.4. The summed E-state index contributed by atoms with van der Waals surface area (Å²) >= 11 is 0. The molecule has 10 nitrogen and oxygen atoms in total. The Labute approximate surface area is 146 Å². The van der Waals surface area contributed by atoms with E-state index in [-0.39, 0.29) is 12.5 Å². The molecule has 0 aliphatic heterocycles. The Morgan fingerprint density at radius 3 is 1.84 bits per heavy atom. The summed E-state index contributed by atoms with van der Waals surface area (Å²) in [5.41, 5.74) is 0. The fourth-order valence-electron chi connectivity index (χ4n) is 1.66. The average molecular weight is 386 g/mol. The van der Waals surface area contributed by atoms with Crippen LogP contribution in [0.25, 0.3) is 0 Å². The lowest BCUT2D eigenvalue weighted by molar-refractivity contribution is -0.153. The highest BCUT2D eigenvalue weighted by Gasteiger charge is 2.39. The summed E-state index contributed by atoms with van der Waals surface area (Å²) < 4.78 is 26.3. The molecular weight excluding hydrogens is 359 g/mol. The van der Waals surface area contributed by atoms with Gasteiger partial charge < -0.3 is 29.5 Å². The highest BCUT2D eigenvalue weighted by molar-refractivity contribution is 7.49. The second-order valence-electron chi connectivity index (χ2n) is 5.38. The van der Waals surface area contributed by atoms with Gasteiger partial charge in [0.05, 0.1) is 19.8 Å². The van der Waals surface area contributed by atoms with E-state index in [1.54, 1.807) is 0 Å². The summed E-state index contributed by atoms with van der Waals surface area (Å²) in [6.45, 7) is 1.71. The molecule has 0 radical (unpaired) electrons. The molecule has 0 heterocycles. The van der Waals surface area contributed by atoms with Crippen LogP contribution in [0.2, 0.25) is 0 Å². The first-order chi connectivity index (χ1) is 11.7. The lowest BCUT2D eigenvalue weighted by atomic mass is 10.0. The minimum Gasteiger partial charge on any atom is -0.393 e. The number of rotatable bonds is 13. The van der Waals surface area contributed by atoms with Crippen LogP contribution in [0.1, 0.15) is 39.5 Å². The van der Waals surface area contributed by atoms with Crippen LogP contribution in [0.5, 0.6) is 0 Å². The van der Waals surface area contributed by atoms with Gasteiger partial charge in [-0.3, -0.25) is 4.52 Å². The number of unbranched alkanes of at least 4 members (excludes halogenated alkanes) is 1. The van der Waals surface area contributed by atoms with E-state index in [2.05, 4.69) is 9.05 Å². The minimum absolute atomic E-state index is 0.0452. The van der Waals surface area contributed by atoms with Gasteiger partial charge in [0, 0.05) is 0 Å². The summed E-state index contributed by atoms with van der Waals surface area (Å²) in [7, 11) is -4.81. The fourth-order valence-corrected chi connectivity index (χ4v) is 2.88. The van der Waals surface area contributed by atoms with Crippen molar-refractivity contribution in [3.63, 3.8) is 0 Å². The molecular formula is C14H27O10P. The Hall–Kier alpha value is -1.03. The Bertz CT molecular complexity index is 427. The van der Waals surface area contributed by atoms with Crippen molar-refractivity contribution in [3.05, 3.63) is 0 Å². The number of hydrogen-bond acceptors (Lipinski definition) is 10. The van der Waals surface area contributed by atoms with Crippen LogP contribution < -0.4 is 0 Å². The third kappa shape index (κ3) is 9.29. The molecule has 0 fully saturated rings. The van der Waals surface area contributed by atoms with Crippen LogP contribution >= 0.6 is 7.82 Å². The van der Waals surface area contributed by atoms with Gasteiger partial charge in [-0.2, -0.15) is 0 Å². The largest absolute Gasteiger partial charge is 0.592 e. The van der Waals surface area contributed by atoms with E-state index in [4.69, 9.17) is 14.7 Å². The predicted octanol–water partition coefficient (Wildman–Crippen LogP) is 0.120. The van der Waals surface area contributed by atoms with Crippen molar-refractivity contribution in [1.82, 2.24) is 0 Å². The number of phosphoric acid groups is 1. The standard InChI is InChI=1S/C14H27O10P/c1-3-5-6-10(4-2)9-22-25(21,23-13(19)11(17)7-15)24-14(20)12(18)8-16/h10-12,15-18H,3-9H2,1-2H3. The average Bonchev–Trinajstić information content (AvgIpc) is 2.59. The van der Waals surface area contributed by atoms with Crippen LogP contribution in [-0.2, 0) is 27.7 Å². The van der Waals surface area contributed by atoms with E-state index in [0.717, 1.165) is 19.3 Å². The fraction of sp³-hybridized carbons (Fsp3) is 0.857. The smallest absolute Gasteiger partial charge is 0.393 e. The van der Waals surface area contributed by atoms with Crippen LogP contribution in [0.4, 0.5) is 0 Å². The van der Waals surface area contributed by atoms with Gasteiger partial charge in [0.2, 0.25) is 0 Å². The first kappa shape index (κ1) is 24.0. The second kappa shape index (κ2) is 12.3. The summed E-state index contributed by atoms with van der Waals surface area (Å²) in [4.78, 5) is 23.0. The third-order valence-electron chi connectivity index (χ3n) is 3.31. The molecule has 0 bridgehead atoms. The molecule has 148 valence electrons. The van der Waals surface area contributed by atoms with E-state index in [0.29, 0.717) is 6.42 Å². The van der Waals surface area contributed by atoms with Gasteiger partial charge in [-0.15, -0.1) is 0 Å². The summed E-state index contributed by atoms with van der Waals surface area (Å²) in [6.07, 6.45) is -0.767. The molecule has 3 unspecified atom stereocenters. The van der Waals surface area contributed by atoms with E-state index in [1.807, 2.05) is 13.8 Å². The lowest BCUT2D eigenvalue weighted by Crippen LogP contribution is -2.29. The number of aliphatic hydroxyl groups is 4. The monoisotopic (exact) mass is 386 g/mol. The molecule has 25 heavy (non-hydrogen) atoms. The first-order valence-corrected chi connectivity index (χ1v) is 9.48. The van der Waals surface area contributed by atoms with E-state index in [9.17, 15) is 24.4 Å². The Balaban J connectivity index is 5.07. The van der Waals surface area contributed by atoms with E-state index in [1.165, 1.54) is 0 Å². The van der Waals surface area contributed by atoms with Crippen molar-refractivity contribution in [3.8, 4) is 0 Å². The number of phosphoric ester groups is 1. The molecule has 0 aliphatic carbocycles. The van der Waals surface area contributed by atoms with Crippen LogP contribution in [0, 0.1) is 5.92 Å². The molecule has 0 aromatic heterocycles. The number of hydrogen-bond donors (Lipinski definition) is 4. The quantitative estimate of drug-likeness (QED) is 0.320. The maximum atomic E-state index is 12.5. The molecule has 0 saturated carbocycles. The number of carbonyl (C=O) groups is 2. The Morgan fingerprint density at radius 1 is 1.00 bits per heavy atom. The summed E-state index contributed by atoms with van der Waals surface area (Å²) in [6, 6.07) is 0. The highest BCUT2D eigenvalue weighted by Crippen LogP contribution is 2.50. The molecule has 0 rings (SSSR count). The van der Waals surface area contributed by atoms with Gasteiger partial charge in [0.1, 0.15) is 0 Å². The van der Waals surface area contributed by atoms with Crippen LogP contribution in [0.3, 0.4) is 0 Å². The molecule has 0 aliphatic rings. The van der Waals surface area contributed by atoms with Crippen molar-refractivity contribution < 1.29 is 48.2 Å². The highest BCUT2D eigenvalue weighted by atomic mass is 31.2. The summed E-state index contributed by atoms with van der Waals surface area (Å²) in [5.74, 6) is -3.08. The van der Waals surface area contributed by atoms with E-state index < -0.39 is 45.2 Å². The van der Waals surface area contributed by atoms with Gasteiger partial charge in [0.15, 0.2) is 12.2 Å². The Kier molecular flexibility index (Phi) is 11.8. The van der Waals surface area contributed by atoms with Crippen LogP contribution in [0.15, 0.2) is 0 Å². The maximum Gasteiger partial charge on any atom is 0.592 e. The molecule has 0 spiro atoms. The zero-order chi connectivity index (χ0) is 19.5. The normalized spacial score (nSPS) is 17.2. The topological polar surface area (TPSA) is 160 Å². The van der Waals surface area contributed by atoms with Crippen LogP contribution in [-0.4, -0.2) is 64.4 Å². The van der Waals surface area contributed by atoms with Gasteiger partial charge in [-0.25, -0.2) is 14.2 Å². The predicted molar refractivity (Wildman–Crippen MR) is 85.2 cm³/mol. The van der Waals surface area contributed by atoms with Crippen molar-refractivity contribution in [2.45, 2.75) is 51.7 Å². The zero-order valence-corrected chi connectivity index (χ0v) is 15.3. The van der Waals surface area contributed by atoms with Crippen molar-refractivity contribution in [2.75, 3.05) is 19.8 Å². The molecule has 0 aromatic rings. The second-order valence-corrected chi connectivity index (χ2v) is 6.89. The Morgan fingerprint density at radius 2 is 1.48 bits per heavy atom. The molecule has 4 N–H and O–H groups in total. The number of aliphatic hydroxyl groups excluding tert-OH is 4. The first-order valence-electron chi connectivity index (χ1n) is 8.02. The third-order valence-corrected chi connectivity index (χ3v) is 4.58. The molecule has 0 aromatic carbocycles. The van der Waals surface area contributed by atoms with Gasteiger partial charge in [0.25, 0.3) is 0 Å².